The minimum Gasteiger partial charge on any atom is -0.494 e. The molecule has 44 heavy (non-hydrogen) atoms. The molecule has 3 aliphatic heterocycles. The van der Waals surface area contributed by atoms with Gasteiger partial charge in [0.05, 0.1) is 24.0 Å². The number of unbranched alkanes of at least 4 members (excludes halogenated alkanes) is 1. The zero-order chi connectivity index (χ0) is 32.1. The van der Waals surface area contributed by atoms with Crippen molar-refractivity contribution in [1.29, 1.82) is 0 Å². The van der Waals surface area contributed by atoms with E-state index in [1.54, 1.807) is 22.0 Å². The molecule has 1 aromatic rings. The smallest absolute Gasteiger partial charge is 0.248 e. The molecule has 9 nitrogen and oxygen atoms in total. The Morgan fingerprint density at radius 3 is 2.41 bits per heavy atom. The van der Waals surface area contributed by atoms with Crippen LogP contribution in [0.3, 0.4) is 0 Å². The van der Waals surface area contributed by atoms with Crippen molar-refractivity contribution in [3.05, 3.63) is 49.6 Å². The second-order valence-corrected chi connectivity index (χ2v) is 12.4. The molecule has 3 unspecified atom stereocenters. The standard InChI is InChI=1S/C35H51N3O6/c1-7-14-25(6)36(21-8-2)33(42)30-35-20-19-34(10-4,44-35)28(29(35)32(41)38(30)23-12-13-24-39)31(40)37(22-9-3)26-15-17-27(18-16-26)43-11-5/h8-9,15-18,25,28-30,39H,2-3,7,10-14,19-24H2,1,4-6H3/t25?,28-,29+,30?,34+,35?/m1/s1. The number of hydrogen-bond donors (Lipinski definition) is 1. The van der Waals surface area contributed by atoms with Crippen LogP contribution in [0.2, 0.25) is 0 Å². The van der Waals surface area contributed by atoms with E-state index in [1.165, 1.54) is 0 Å². The molecule has 3 amide bonds. The maximum absolute atomic E-state index is 14.7. The molecule has 3 aliphatic rings. The number of rotatable bonds is 17. The predicted molar refractivity (Wildman–Crippen MR) is 171 cm³/mol. The van der Waals surface area contributed by atoms with Crippen LogP contribution in [0.25, 0.3) is 0 Å². The van der Waals surface area contributed by atoms with Crippen LogP contribution >= 0.6 is 0 Å². The molecule has 3 heterocycles. The van der Waals surface area contributed by atoms with E-state index >= 15 is 0 Å². The van der Waals surface area contributed by atoms with Crippen molar-refractivity contribution in [2.24, 2.45) is 11.8 Å². The molecule has 1 aromatic carbocycles. The molecule has 2 bridgehead atoms. The number of aliphatic hydroxyl groups is 1. The van der Waals surface area contributed by atoms with Gasteiger partial charge in [0.25, 0.3) is 0 Å². The van der Waals surface area contributed by atoms with Crippen molar-refractivity contribution in [1.82, 2.24) is 9.80 Å². The van der Waals surface area contributed by atoms with E-state index in [0.29, 0.717) is 63.2 Å². The van der Waals surface area contributed by atoms with Crippen molar-refractivity contribution in [3.8, 4) is 5.75 Å². The molecule has 3 saturated heterocycles. The Balaban J connectivity index is 1.79. The average Bonchev–Trinajstić information content (AvgIpc) is 3.62. The Hall–Kier alpha value is -3.17. The number of carbonyl (C=O) groups is 3. The third-order valence-corrected chi connectivity index (χ3v) is 9.87. The molecular weight excluding hydrogens is 558 g/mol. The van der Waals surface area contributed by atoms with Gasteiger partial charge in [-0.1, -0.05) is 32.4 Å². The number of hydrogen-bond acceptors (Lipinski definition) is 6. The van der Waals surface area contributed by atoms with Gasteiger partial charge in [0.2, 0.25) is 17.7 Å². The van der Waals surface area contributed by atoms with E-state index < -0.39 is 29.1 Å². The number of likely N-dealkylation sites (tertiary alicyclic amines) is 1. The lowest BCUT2D eigenvalue weighted by atomic mass is 9.64. The van der Waals surface area contributed by atoms with Gasteiger partial charge in [0.15, 0.2) is 0 Å². The number of anilines is 1. The van der Waals surface area contributed by atoms with Gasteiger partial charge in [0.1, 0.15) is 17.4 Å². The monoisotopic (exact) mass is 609 g/mol. The molecule has 0 radical (unpaired) electrons. The summed E-state index contributed by atoms with van der Waals surface area (Å²) in [5.74, 6) is -1.38. The van der Waals surface area contributed by atoms with Crippen LogP contribution in [0.5, 0.6) is 5.75 Å². The maximum atomic E-state index is 14.7. The molecule has 6 atom stereocenters. The van der Waals surface area contributed by atoms with E-state index in [4.69, 9.17) is 9.47 Å². The van der Waals surface area contributed by atoms with Gasteiger partial charge < -0.3 is 29.3 Å². The van der Waals surface area contributed by atoms with E-state index in [2.05, 4.69) is 20.1 Å². The molecule has 0 saturated carbocycles. The fraction of sp³-hybridized carbons (Fsp3) is 0.629. The number of aliphatic hydroxyl groups excluding tert-OH is 1. The van der Waals surface area contributed by atoms with Crippen LogP contribution < -0.4 is 9.64 Å². The van der Waals surface area contributed by atoms with E-state index in [9.17, 15) is 19.5 Å². The van der Waals surface area contributed by atoms with Crippen molar-refractivity contribution in [2.45, 2.75) is 95.9 Å². The molecule has 1 spiro atoms. The van der Waals surface area contributed by atoms with Crippen molar-refractivity contribution in [3.63, 3.8) is 0 Å². The Morgan fingerprint density at radius 1 is 1.11 bits per heavy atom. The van der Waals surface area contributed by atoms with E-state index in [0.717, 1.165) is 12.8 Å². The predicted octanol–water partition coefficient (Wildman–Crippen LogP) is 4.73. The van der Waals surface area contributed by atoms with Gasteiger partial charge in [-0.05, 0) is 76.6 Å². The quantitative estimate of drug-likeness (QED) is 0.203. The third kappa shape index (κ3) is 5.81. The number of fused-ring (bicyclic) bond motifs is 1. The second kappa shape index (κ2) is 14.3. The molecule has 3 fully saturated rings. The Morgan fingerprint density at radius 2 is 1.82 bits per heavy atom. The van der Waals surface area contributed by atoms with Crippen LogP contribution in [0.1, 0.15) is 72.6 Å². The first-order valence-corrected chi connectivity index (χ1v) is 16.4. The maximum Gasteiger partial charge on any atom is 0.248 e. The topological polar surface area (TPSA) is 99.6 Å². The largest absolute Gasteiger partial charge is 0.494 e. The lowest BCUT2D eigenvalue weighted by Crippen LogP contribution is -2.58. The average molecular weight is 610 g/mol. The molecule has 0 aromatic heterocycles. The van der Waals surface area contributed by atoms with Crippen LogP contribution in [-0.2, 0) is 19.1 Å². The highest BCUT2D eigenvalue weighted by Crippen LogP contribution is 2.64. The lowest BCUT2D eigenvalue weighted by molar-refractivity contribution is -0.154. The van der Waals surface area contributed by atoms with Gasteiger partial charge in [-0.3, -0.25) is 14.4 Å². The van der Waals surface area contributed by atoms with Crippen LogP contribution in [-0.4, -0.2) is 88.8 Å². The number of amides is 3. The summed E-state index contributed by atoms with van der Waals surface area (Å²) in [5, 5.41) is 9.50. The molecule has 4 rings (SSSR count). The summed E-state index contributed by atoms with van der Waals surface area (Å²) in [6.07, 6.45) is 7.87. The molecule has 9 heteroatoms. The Kier molecular flexibility index (Phi) is 10.9. The summed E-state index contributed by atoms with van der Waals surface area (Å²) in [7, 11) is 0. The summed E-state index contributed by atoms with van der Waals surface area (Å²) >= 11 is 0. The van der Waals surface area contributed by atoms with Crippen molar-refractivity contribution >= 4 is 23.4 Å². The second-order valence-electron chi connectivity index (χ2n) is 12.4. The fourth-order valence-corrected chi connectivity index (χ4v) is 7.87. The minimum absolute atomic E-state index is 0.000490. The zero-order valence-corrected chi connectivity index (χ0v) is 27.0. The van der Waals surface area contributed by atoms with Crippen LogP contribution in [0.15, 0.2) is 49.6 Å². The van der Waals surface area contributed by atoms with Gasteiger partial charge >= 0.3 is 0 Å². The number of carbonyl (C=O) groups excluding carboxylic acids is 3. The van der Waals surface area contributed by atoms with Gasteiger partial charge in [-0.15, -0.1) is 13.2 Å². The minimum atomic E-state index is -1.10. The fourth-order valence-electron chi connectivity index (χ4n) is 7.87. The van der Waals surface area contributed by atoms with Crippen molar-refractivity contribution in [2.75, 3.05) is 37.7 Å². The SMILES string of the molecule is C=CCN(C(=O)[C@H]1[C@H]2C(=O)N(CCCCO)C(C(=O)N(CC=C)C(C)CCC)C23CC[C@]1(CC)O3)c1ccc(OCC)cc1. The molecule has 1 N–H and O–H groups in total. The van der Waals surface area contributed by atoms with Crippen LogP contribution in [0, 0.1) is 11.8 Å². The zero-order valence-electron chi connectivity index (χ0n) is 27.0. The first-order valence-electron chi connectivity index (χ1n) is 16.4. The van der Waals surface area contributed by atoms with Gasteiger partial charge in [-0.2, -0.15) is 0 Å². The molecule has 242 valence electrons. The summed E-state index contributed by atoms with van der Waals surface area (Å²) in [6.45, 7) is 17.3. The molecular formula is C35H51N3O6. The number of nitrogens with zero attached hydrogens (tertiary/aromatic N) is 3. The Labute approximate surface area is 262 Å². The summed E-state index contributed by atoms with van der Waals surface area (Å²) in [5.41, 5.74) is -1.27. The summed E-state index contributed by atoms with van der Waals surface area (Å²) in [4.78, 5) is 49.0. The highest BCUT2D eigenvalue weighted by molar-refractivity contribution is 6.03. The first-order chi connectivity index (χ1) is 21.2. The third-order valence-electron chi connectivity index (χ3n) is 9.87. The first kappa shape index (κ1) is 33.7. The van der Waals surface area contributed by atoms with Gasteiger partial charge in [0, 0.05) is 38.0 Å². The number of benzene rings is 1. The normalized spacial score (nSPS) is 27.6. The Bertz CT molecular complexity index is 1200. The highest BCUT2D eigenvalue weighted by atomic mass is 16.5. The van der Waals surface area contributed by atoms with Crippen molar-refractivity contribution < 1.29 is 29.0 Å². The molecule has 0 aliphatic carbocycles. The van der Waals surface area contributed by atoms with Gasteiger partial charge in [-0.25, -0.2) is 0 Å². The van der Waals surface area contributed by atoms with E-state index in [1.807, 2.05) is 49.9 Å². The van der Waals surface area contributed by atoms with E-state index in [-0.39, 0.29) is 36.9 Å². The number of ether oxygens (including phenoxy) is 2. The van der Waals surface area contributed by atoms with Crippen LogP contribution in [0.4, 0.5) is 5.69 Å². The lowest BCUT2D eigenvalue weighted by Gasteiger charge is -2.39. The summed E-state index contributed by atoms with van der Waals surface area (Å²) < 4.78 is 12.6. The highest BCUT2D eigenvalue weighted by Gasteiger charge is 2.79. The summed E-state index contributed by atoms with van der Waals surface area (Å²) in [6, 6.07) is 6.47.